The smallest absolute Gasteiger partial charge is 0.263 e. The van der Waals surface area contributed by atoms with Crippen molar-refractivity contribution in [2.45, 2.75) is 35.7 Å². The lowest BCUT2D eigenvalue weighted by atomic mass is 9.97. The first-order chi connectivity index (χ1) is 16.8. The molecule has 0 fully saturated rings. The molecule has 0 radical (unpaired) electrons. The Balaban J connectivity index is 1.25. The van der Waals surface area contributed by atoms with Gasteiger partial charge in [0, 0.05) is 29.2 Å². The Morgan fingerprint density at radius 1 is 1.20 bits per heavy atom. The number of amides is 1. The van der Waals surface area contributed by atoms with Gasteiger partial charge in [0.15, 0.2) is 10.3 Å². The Morgan fingerprint density at radius 3 is 2.71 bits per heavy atom. The van der Waals surface area contributed by atoms with E-state index in [1.165, 1.54) is 63.0 Å². The van der Waals surface area contributed by atoms with Crippen LogP contribution in [0.25, 0.3) is 10.2 Å². The molecule has 13 heteroatoms. The number of hydrogen-bond acceptors (Lipinski definition) is 9. The molecule has 9 nitrogen and oxygen atoms in total. The summed E-state index contributed by atoms with van der Waals surface area (Å²) in [5.41, 5.74) is 1.54. The van der Waals surface area contributed by atoms with Crippen molar-refractivity contribution in [3.63, 3.8) is 0 Å². The monoisotopic (exact) mass is 547 g/mol. The molecule has 0 saturated carbocycles. The summed E-state index contributed by atoms with van der Waals surface area (Å²) in [6.07, 6.45) is 5.65. The predicted octanol–water partition coefficient (Wildman–Crippen LogP) is 3.86. The van der Waals surface area contributed by atoms with E-state index in [-0.39, 0.29) is 27.2 Å². The maximum atomic E-state index is 13.0. The lowest BCUT2D eigenvalue weighted by Crippen LogP contribution is -2.22. The Labute approximate surface area is 213 Å². The minimum Gasteiger partial charge on any atom is -0.325 e. The molecule has 1 aliphatic rings. The predicted molar refractivity (Wildman–Crippen MR) is 140 cm³/mol. The minimum atomic E-state index is -3.76. The van der Waals surface area contributed by atoms with Gasteiger partial charge in [0.2, 0.25) is 5.91 Å². The largest absolute Gasteiger partial charge is 0.325 e. The topological polar surface area (TPSA) is 123 Å². The Hall–Kier alpha value is -2.74. The van der Waals surface area contributed by atoms with E-state index in [0.29, 0.717) is 10.8 Å². The fraction of sp³-hybridized carbons (Fsp3) is 0.273. The standard InChI is InChI=1S/C22H21N5O4S4/c1-27-20(29)18-15-4-2-3-5-16(15)34-19(18)25-22(27)33-12-17(28)24-13-6-8-14(9-7-13)35(30,31)26-21-23-10-11-32-21/h6-11H,2-5,12H2,1H3,(H,23,26)(H,24,28). The summed E-state index contributed by atoms with van der Waals surface area (Å²) in [6, 6.07) is 5.87. The number of fused-ring (bicyclic) bond motifs is 3. The number of hydrogen-bond donors (Lipinski definition) is 2. The van der Waals surface area contributed by atoms with E-state index in [1.54, 1.807) is 23.8 Å². The molecule has 0 saturated heterocycles. The third-order valence-corrected chi connectivity index (χ3v) is 9.98. The zero-order valence-corrected chi connectivity index (χ0v) is 21.9. The number of sulfonamides is 1. The molecule has 1 aliphatic carbocycles. The normalized spacial score (nSPS) is 13.5. The van der Waals surface area contributed by atoms with Gasteiger partial charge in [-0.15, -0.1) is 22.7 Å². The number of nitrogens with one attached hydrogen (secondary N) is 2. The third-order valence-electron chi connectivity index (χ3n) is 5.59. The van der Waals surface area contributed by atoms with Crippen LogP contribution in [-0.2, 0) is 34.7 Å². The van der Waals surface area contributed by atoms with Crippen LogP contribution in [0.5, 0.6) is 0 Å². The van der Waals surface area contributed by atoms with Crippen molar-refractivity contribution in [2.24, 2.45) is 7.05 Å². The number of carbonyl (C=O) groups excluding carboxylic acids is 1. The number of aromatic nitrogens is 3. The molecule has 3 aromatic heterocycles. The number of thiophene rings is 1. The molecule has 0 aliphatic heterocycles. The van der Waals surface area contributed by atoms with Crippen LogP contribution in [0.15, 0.2) is 50.7 Å². The molecule has 0 bridgehead atoms. The second-order valence-electron chi connectivity index (χ2n) is 7.95. The molecule has 182 valence electrons. The maximum absolute atomic E-state index is 13.0. The molecule has 35 heavy (non-hydrogen) atoms. The second kappa shape index (κ2) is 9.72. The average Bonchev–Trinajstić information content (AvgIpc) is 3.47. The van der Waals surface area contributed by atoms with Crippen LogP contribution < -0.4 is 15.6 Å². The van der Waals surface area contributed by atoms with Crippen LogP contribution in [0.4, 0.5) is 10.8 Å². The Bertz CT molecular complexity index is 1560. The van der Waals surface area contributed by atoms with Crippen LogP contribution in [0, 0.1) is 0 Å². The zero-order valence-electron chi connectivity index (χ0n) is 18.6. The van der Waals surface area contributed by atoms with Gasteiger partial charge in [-0.05, 0) is 55.5 Å². The molecule has 1 aromatic carbocycles. The maximum Gasteiger partial charge on any atom is 0.263 e. The van der Waals surface area contributed by atoms with E-state index in [9.17, 15) is 18.0 Å². The second-order valence-corrected chi connectivity index (χ2v) is 12.6. The van der Waals surface area contributed by atoms with E-state index >= 15 is 0 Å². The SMILES string of the molecule is Cn1c(SCC(=O)Nc2ccc(S(=O)(=O)Nc3nccs3)cc2)nc2sc3c(c2c1=O)CCCC3. The van der Waals surface area contributed by atoms with Crippen LogP contribution in [-0.4, -0.2) is 34.6 Å². The van der Waals surface area contributed by atoms with Crippen molar-refractivity contribution < 1.29 is 13.2 Å². The summed E-state index contributed by atoms with van der Waals surface area (Å²) in [5.74, 6) is -0.228. The Kier molecular flexibility index (Phi) is 6.66. The van der Waals surface area contributed by atoms with Gasteiger partial charge in [-0.25, -0.2) is 18.4 Å². The number of rotatable bonds is 7. The summed E-state index contributed by atoms with van der Waals surface area (Å²) in [6.45, 7) is 0. The van der Waals surface area contributed by atoms with Gasteiger partial charge < -0.3 is 5.32 Å². The van der Waals surface area contributed by atoms with Crippen LogP contribution in [0.1, 0.15) is 23.3 Å². The molecule has 0 spiro atoms. The van der Waals surface area contributed by atoms with Crippen molar-refractivity contribution >= 4 is 71.4 Å². The van der Waals surface area contributed by atoms with Crippen molar-refractivity contribution in [3.8, 4) is 0 Å². The van der Waals surface area contributed by atoms with Gasteiger partial charge in [-0.1, -0.05) is 11.8 Å². The third kappa shape index (κ3) is 4.99. The number of benzene rings is 1. The van der Waals surface area contributed by atoms with Crippen LogP contribution >= 0.6 is 34.4 Å². The number of thioether (sulfide) groups is 1. The highest BCUT2D eigenvalue weighted by Crippen LogP contribution is 2.34. The van der Waals surface area contributed by atoms with E-state index in [2.05, 4.69) is 20.0 Å². The molecule has 2 N–H and O–H groups in total. The van der Waals surface area contributed by atoms with Gasteiger partial charge in [-0.2, -0.15) is 0 Å². The highest BCUT2D eigenvalue weighted by molar-refractivity contribution is 7.99. The highest BCUT2D eigenvalue weighted by atomic mass is 32.2. The molecule has 5 rings (SSSR count). The number of nitrogens with zero attached hydrogens (tertiary/aromatic N) is 3. The quantitative estimate of drug-likeness (QED) is 0.266. The Morgan fingerprint density at radius 2 is 1.97 bits per heavy atom. The van der Waals surface area contributed by atoms with Crippen molar-refractivity contribution in [1.29, 1.82) is 0 Å². The van der Waals surface area contributed by atoms with Crippen molar-refractivity contribution in [2.75, 3.05) is 15.8 Å². The average molecular weight is 548 g/mol. The first kappa shape index (κ1) is 24.0. The van der Waals surface area contributed by atoms with E-state index in [4.69, 9.17) is 0 Å². The summed E-state index contributed by atoms with van der Waals surface area (Å²) in [4.78, 5) is 36.2. The molecule has 1 amide bonds. The molecule has 0 atom stereocenters. The van der Waals surface area contributed by atoms with Crippen LogP contribution in [0.2, 0.25) is 0 Å². The van der Waals surface area contributed by atoms with Gasteiger partial charge in [-0.3, -0.25) is 18.9 Å². The van der Waals surface area contributed by atoms with Gasteiger partial charge in [0.25, 0.3) is 15.6 Å². The van der Waals surface area contributed by atoms with Gasteiger partial charge >= 0.3 is 0 Å². The zero-order chi connectivity index (χ0) is 24.6. The van der Waals surface area contributed by atoms with Crippen molar-refractivity contribution in [3.05, 3.63) is 56.6 Å². The summed E-state index contributed by atoms with van der Waals surface area (Å²) in [5, 5.41) is 5.92. The number of aryl methyl sites for hydroxylation is 2. The van der Waals surface area contributed by atoms with E-state index in [0.717, 1.165) is 41.5 Å². The van der Waals surface area contributed by atoms with E-state index < -0.39 is 10.0 Å². The summed E-state index contributed by atoms with van der Waals surface area (Å²) in [7, 11) is -2.08. The number of thiazole rings is 1. The summed E-state index contributed by atoms with van der Waals surface area (Å²) >= 11 is 3.96. The minimum absolute atomic E-state index is 0.0581. The molecular weight excluding hydrogens is 527 g/mol. The van der Waals surface area contributed by atoms with Crippen LogP contribution in [0.3, 0.4) is 0 Å². The fourth-order valence-corrected chi connectivity index (χ4v) is 7.75. The summed E-state index contributed by atoms with van der Waals surface area (Å²) < 4.78 is 28.8. The lowest BCUT2D eigenvalue weighted by Gasteiger charge is -2.11. The highest BCUT2D eigenvalue weighted by Gasteiger charge is 2.22. The fourth-order valence-electron chi connectivity index (χ4n) is 3.89. The molecule has 0 unspecified atom stereocenters. The molecule has 4 aromatic rings. The number of carbonyl (C=O) groups is 1. The first-order valence-corrected chi connectivity index (χ1v) is 14.9. The number of anilines is 2. The first-order valence-electron chi connectivity index (χ1n) is 10.8. The molecule has 3 heterocycles. The molecular formula is C22H21N5O4S4. The van der Waals surface area contributed by atoms with E-state index in [1.807, 2.05) is 0 Å². The van der Waals surface area contributed by atoms with Gasteiger partial charge in [0.05, 0.1) is 16.0 Å². The van der Waals surface area contributed by atoms with Crippen molar-refractivity contribution in [1.82, 2.24) is 14.5 Å². The lowest BCUT2D eigenvalue weighted by molar-refractivity contribution is -0.113. The van der Waals surface area contributed by atoms with Gasteiger partial charge in [0.1, 0.15) is 4.83 Å².